The van der Waals surface area contributed by atoms with Crippen molar-refractivity contribution in [1.82, 2.24) is 5.32 Å². The summed E-state index contributed by atoms with van der Waals surface area (Å²) in [6.07, 6.45) is 0.596. The Morgan fingerprint density at radius 2 is 1.71 bits per heavy atom. The van der Waals surface area contributed by atoms with Crippen molar-refractivity contribution in [2.24, 2.45) is 11.8 Å². The molecule has 1 aliphatic rings. The molecular formula is C19H19ClN2O2. The maximum atomic E-state index is 12.2. The maximum absolute atomic E-state index is 12.2. The van der Waals surface area contributed by atoms with E-state index in [2.05, 4.69) is 10.6 Å². The molecule has 2 amide bonds. The second-order valence-electron chi connectivity index (χ2n) is 6.09. The molecule has 0 radical (unpaired) electrons. The maximum Gasteiger partial charge on any atom is 0.228 e. The minimum Gasteiger partial charge on any atom is -0.352 e. The third kappa shape index (κ3) is 3.95. The highest BCUT2D eigenvalue weighted by Crippen LogP contribution is 2.39. The summed E-state index contributed by atoms with van der Waals surface area (Å²) in [5, 5.41) is 6.36. The third-order valence-electron chi connectivity index (χ3n) is 4.29. The molecule has 1 fully saturated rings. The quantitative estimate of drug-likeness (QED) is 0.873. The van der Waals surface area contributed by atoms with Crippen LogP contribution < -0.4 is 10.6 Å². The van der Waals surface area contributed by atoms with Crippen molar-refractivity contribution in [1.29, 1.82) is 0 Å². The van der Waals surface area contributed by atoms with Crippen molar-refractivity contribution in [3.05, 3.63) is 64.7 Å². The molecule has 3 rings (SSSR count). The molecular weight excluding hydrogens is 324 g/mol. The predicted molar refractivity (Wildman–Crippen MR) is 94.7 cm³/mol. The van der Waals surface area contributed by atoms with Crippen LogP contribution in [0.3, 0.4) is 0 Å². The number of amides is 2. The largest absolute Gasteiger partial charge is 0.352 e. The number of hydrogen-bond donors (Lipinski definition) is 2. The molecule has 1 aliphatic carbocycles. The molecule has 24 heavy (non-hydrogen) atoms. The van der Waals surface area contributed by atoms with Gasteiger partial charge in [-0.1, -0.05) is 35.9 Å². The van der Waals surface area contributed by atoms with Crippen LogP contribution in [0.15, 0.2) is 48.5 Å². The fourth-order valence-corrected chi connectivity index (χ4v) is 2.79. The number of carbonyl (C=O) groups excluding carboxylic acids is 2. The molecule has 2 N–H and O–H groups in total. The van der Waals surface area contributed by atoms with Gasteiger partial charge in [-0.25, -0.2) is 0 Å². The van der Waals surface area contributed by atoms with E-state index in [0.717, 1.165) is 11.1 Å². The Labute approximate surface area is 146 Å². The van der Waals surface area contributed by atoms with Crippen molar-refractivity contribution in [3.63, 3.8) is 0 Å². The van der Waals surface area contributed by atoms with Crippen LogP contribution in [0, 0.1) is 18.8 Å². The Morgan fingerprint density at radius 3 is 2.42 bits per heavy atom. The van der Waals surface area contributed by atoms with E-state index in [0.29, 0.717) is 23.7 Å². The van der Waals surface area contributed by atoms with Gasteiger partial charge in [0.2, 0.25) is 11.8 Å². The zero-order chi connectivity index (χ0) is 17.1. The molecule has 2 unspecified atom stereocenters. The number of carbonyl (C=O) groups is 2. The van der Waals surface area contributed by atoms with Gasteiger partial charge in [0, 0.05) is 17.3 Å². The van der Waals surface area contributed by atoms with E-state index in [1.165, 1.54) is 0 Å². The first-order valence-electron chi connectivity index (χ1n) is 7.93. The van der Waals surface area contributed by atoms with Crippen molar-refractivity contribution >= 4 is 29.1 Å². The Bertz CT molecular complexity index is 758. The zero-order valence-corrected chi connectivity index (χ0v) is 14.1. The van der Waals surface area contributed by atoms with E-state index >= 15 is 0 Å². The average Bonchev–Trinajstić information content (AvgIpc) is 3.37. The molecule has 0 heterocycles. The second-order valence-corrected chi connectivity index (χ2v) is 6.53. The number of rotatable bonds is 5. The summed E-state index contributed by atoms with van der Waals surface area (Å²) in [6.45, 7) is 2.51. The molecule has 0 aliphatic heterocycles. The third-order valence-corrected chi connectivity index (χ3v) is 4.54. The zero-order valence-electron chi connectivity index (χ0n) is 13.4. The number of nitrogens with one attached hydrogen (secondary N) is 2. The van der Waals surface area contributed by atoms with Crippen LogP contribution in [0.2, 0.25) is 5.02 Å². The molecule has 2 atom stereocenters. The van der Waals surface area contributed by atoms with Crippen LogP contribution >= 0.6 is 11.6 Å². The summed E-state index contributed by atoms with van der Waals surface area (Å²) in [5.74, 6) is -0.665. The smallest absolute Gasteiger partial charge is 0.228 e. The SMILES string of the molecule is Cc1ccccc1CNC(=O)C1CC1C(=O)Nc1ccc(Cl)cc1. The average molecular weight is 343 g/mol. The Kier molecular flexibility index (Phi) is 4.86. The fraction of sp³-hybridized carbons (Fsp3) is 0.263. The molecule has 0 spiro atoms. The molecule has 5 heteroatoms. The Hall–Kier alpha value is -2.33. The van der Waals surface area contributed by atoms with Gasteiger partial charge in [-0.3, -0.25) is 9.59 Å². The van der Waals surface area contributed by atoms with Crippen LogP contribution in [-0.2, 0) is 16.1 Å². The summed E-state index contributed by atoms with van der Waals surface area (Å²) in [4.78, 5) is 24.4. The van der Waals surface area contributed by atoms with Gasteiger partial charge in [0.25, 0.3) is 0 Å². The lowest BCUT2D eigenvalue weighted by molar-refractivity contribution is -0.125. The van der Waals surface area contributed by atoms with Crippen molar-refractivity contribution in [2.75, 3.05) is 5.32 Å². The van der Waals surface area contributed by atoms with Crippen LogP contribution in [0.25, 0.3) is 0 Å². The number of halogens is 1. The fourth-order valence-electron chi connectivity index (χ4n) is 2.66. The van der Waals surface area contributed by atoms with Gasteiger partial charge in [0.1, 0.15) is 0 Å². The first-order chi connectivity index (χ1) is 11.5. The lowest BCUT2D eigenvalue weighted by Gasteiger charge is -2.08. The van der Waals surface area contributed by atoms with Gasteiger partial charge in [-0.15, -0.1) is 0 Å². The summed E-state index contributed by atoms with van der Waals surface area (Å²) in [7, 11) is 0. The first-order valence-corrected chi connectivity index (χ1v) is 8.31. The normalized spacial score (nSPS) is 18.8. The van der Waals surface area contributed by atoms with Gasteiger partial charge < -0.3 is 10.6 Å². The van der Waals surface area contributed by atoms with Crippen LogP contribution in [-0.4, -0.2) is 11.8 Å². The van der Waals surface area contributed by atoms with E-state index < -0.39 is 0 Å². The van der Waals surface area contributed by atoms with Gasteiger partial charge in [-0.2, -0.15) is 0 Å². The lowest BCUT2D eigenvalue weighted by atomic mass is 10.1. The molecule has 2 aromatic carbocycles. The van der Waals surface area contributed by atoms with Crippen LogP contribution in [0.1, 0.15) is 17.5 Å². The monoisotopic (exact) mass is 342 g/mol. The summed E-state index contributed by atoms with van der Waals surface area (Å²) < 4.78 is 0. The Morgan fingerprint density at radius 1 is 1.04 bits per heavy atom. The van der Waals surface area contributed by atoms with Gasteiger partial charge in [0.15, 0.2) is 0 Å². The van der Waals surface area contributed by atoms with Gasteiger partial charge in [0.05, 0.1) is 11.8 Å². The summed E-state index contributed by atoms with van der Waals surface area (Å²) in [5.41, 5.74) is 2.93. The van der Waals surface area contributed by atoms with E-state index in [1.54, 1.807) is 24.3 Å². The Balaban J connectivity index is 1.49. The van der Waals surface area contributed by atoms with E-state index in [9.17, 15) is 9.59 Å². The highest BCUT2D eigenvalue weighted by Gasteiger charge is 2.47. The molecule has 0 saturated heterocycles. The highest BCUT2D eigenvalue weighted by atomic mass is 35.5. The molecule has 2 aromatic rings. The summed E-state index contributed by atoms with van der Waals surface area (Å²) >= 11 is 5.82. The molecule has 4 nitrogen and oxygen atoms in total. The van der Waals surface area contributed by atoms with Gasteiger partial charge in [-0.05, 0) is 48.7 Å². The number of anilines is 1. The minimum absolute atomic E-state index is 0.0606. The minimum atomic E-state index is -0.252. The standard InChI is InChI=1S/C19H19ClN2O2/c1-12-4-2-3-5-13(12)11-21-18(23)16-10-17(16)19(24)22-15-8-6-14(20)7-9-15/h2-9,16-17H,10-11H2,1H3,(H,21,23)(H,22,24). The highest BCUT2D eigenvalue weighted by molar-refractivity contribution is 6.30. The van der Waals surface area contributed by atoms with Crippen LogP contribution in [0.5, 0.6) is 0 Å². The van der Waals surface area contributed by atoms with Crippen molar-refractivity contribution in [2.45, 2.75) is 19.9 Å². The number of hydrogen-bond acceptors (Lipinski definition) is 2. The van der Waals surface area contributed by atoms with E-state index in [1.807, 2.05) is 31.2 Å². The topological polar surface area (TPSA) is 58.2 Å². The molecule has 0 bridgehead atoms. The number of aryl methyl sites for hydroxylation is 1. The van der Waals surface area contributed by atoms with Crippen molar-refractivity contribution < 1.29 is 9.59 Å². The second kappa shape index (κ2) is 7.05. The number of benzene rings is 2. The first kappa shape index (κ1) is 16.5. The molecule has 124 valence electrons. The van der Waals surface area contributed by atoms with Crippen molar-refractivity contribution in [3.8, 4) is 0 Å². The summed E-state index contributed by atoms with van der Waals surface area (Å²) in [6, 6.07) is 14.9. The molecule has 0 aromatic heterocycles. The molecule has 1 saturated carbocycles. The predicted octanol–water partition coefficient (Wildman–Crippen LogP) is 3.54. The van der Waals surface area contributed by atoms with E-state index in [4.69, 9.17) is 11.6 Å². The van der Waals surface area contributed by atoms with E-state index in [-0.39, 0.29) is 23.7 Å². The van der Waals surface area contributed by atoms with Crippen LogP contribution in [0.4, 0.5) is 5.69 Å². The van der Waals surface area contributed by atoms with Gasteiger partial charge >= 0.3 is 0 Å². The lowest BCUT2D eigenvalue weighted by Crippen LogP contribution is -2.27.